The highest BCUT2D eigenvalue weighted by atomic mass is 19.4. The molecule has 0 spiro atoms. The van der Waals surface area contributed by atoms with Crippen molar-refractivity contribution in [1.29, 1.82) is 0 Å². The lowest BCUT2D eigenvalue weighted by Crippen LogP contribution is -2.50. The van der Waals surface area contributed by atoms with Crippen LogP contribution < -0.4 is 20.7 Å². The van der Waals surface area contributed by atoms with E-state index in [1.807, 2.05) is 10.6 Å². The zero-order valence-corrected chi connectivity index (χ0v) is 19.0. The number of urea groups is 1. The first kappa shape index (κ1) is 28.1. The number of pyridine rings is 1. The lowest BCUT2D eigenvalue weighted by Gasteiger charge is -2.28. The quantitative estimate of drug-likeness (QED) is 0.302. The number of amides is 3. The lowest BCUT2D eigenvalue weighted by atomic mass is 10.0. The second-order valence-corrected chi connectivity index (χ2v) is 7.51. The van der Waals surface area contributed by atoms with E-state index in [1.165, 1.54) is 31.4 Å². The Morgan fingerprint density at radius 2 is 1.55 bits per heavy atom. The number of hydrogen-bond donors (Lipinski definition) is 3. The molecule has 0 aliphatic carbocycles. The molecule has 15 heteroatoms. The highest BCUT2D eigenvalue weighted by molar-refractivity contribution is 6.00. The summed E-state index contributed by atoms with van der Waals surface area (Å²) in [5.41, 5.74) is -2.66. The number of aromatic nitrogens is 1. The van der Waals surface area contributed by atoms with Crippen molar-refractivity contribution in [3.05, 3.63) is 77.9 Å². The number of carbonyl (C=O) groups excluding carboxylic acids is 2. The number of rotatable bonds is 7. The minimum absolute atomic E-state index is 0.0318. The van der Waals surface area contributed by atoms with Crippen molar-refractivity contribution in [2.24, 2.45) is 0 Å². The predicted octanol–water partition coefficient (Wildman–Crippen LogP) is 6.31. The third-order valence-corrected chi connectivity index (χ3v) is 4.85. The number of anilines is 2. The standard InChI is InChI=1S/C23H16F8N4O3/c1-32-19(36)18-11-15(7-8-33-18)38-14-5-6-17(16(24)10-14)35-20(37)34-13-4-2-3-12(9-13)21(25,26)22(27,28)23(29,30)31/h2-11H,1H3,(H,32,36)(H2,34,35,37). The molecule has 3 aromatic rings. The molecule has 3 N–H and O–H groups in total. The van der Waals surface area contributed by atoms with Crippen LogP contribution in [0.3, 0.4) is 0 Å². The second kappa shape index (κ2) is 10.5. The highest BCUT2D eigenvalue weighted by Gasteiger charge is 2.73. The normalized spacial score (nSPS) is 12.0. The van der Waals surface area contributed by atoms with Crippen LogP contribution in [0.1, 0.15) is 16.1 Å². The van der Waals surface area contributed by atoms with Gasteiger partial charge in [-0.05, 0) is 30.3 Å². The maximum absolute atomic E-state index is 14.5. The SMILES string of the molecule is CNC(=O)c1cc(Oc2ccc(NC(=O)Nc3cccc(C(F)(F)C(F)(F)C(F)(F)F)c3)c(F)c2)ccn1. The smallest absolute Gasteiger partial charge is 0.457 e. The third kappa shape index (κ3) is 5.92. The minimum Gasteiger partial charge on any atom is -0.457 e. The van der Waals surface area contributed by atoms with Crippen molar-refractivity contribution in [3.63, 3.8) is 0 Å². The number of nitrogens with zero attached hydrogens (tertiary/aromatic N) is 1. The summed E-state index contributed by atoms with van der Waals surface area (Å²) in [6.45, 7) is 0. The van der Waals surface area contributed by atoms with Gasteiger partial charge in [0.2, 0.25) is 0 Å². The monoisotopic (exact) mass is 548 g/mol. The summed E-state index contributed by atoms with van der Waals surface area (Å²) in [5, 5.41) is 6.35. The van der Waals surface area contributed by atoms with Crippen LogP contribution in [0.5, 0.6) is 11.5 Å². The van der Waals surface area contributed by atoms with E-state index in [0.29, 0.717) is 6.07 Å². The van der Waals surface area contributed by atoms with E-state index in [4.69, 9.17) is 4.74 Å². The van der Waals surface area contributed by atoms with Crippen molar-refractivity contribution in [2.45, 2.75) is 18.0 Å². The molecule has 0 unspecified atom stereocenters. The van der Waals surface area contributed by atoms with Crippen molar-refractivity contribution in [1.82, 2.24) is 10.3 Å². The Kier molecular flexibility index (Phi) is 7.79. The Morgan fingerprint density at radius 1 is 0.868 bits per heavy atom. The van der Waals surface area contributed by atoms with Crippen LogP contribution in [0.2, 0.25) is 0 Å². The number of nitrogens with one attached hydrogen (secondary N) is 3. The van der Waals surface area contributed by atoms with Crippen molar-refractivity contribution < 1.29 is 49.4 Å². The number of hydrogen-bond acceptors (Lipinski definition) is 4. The van der Waals surface area contributed by atoms with Gasteiger partial charge in [-0.25, -0.2) is 9.18 Å². The van der Waals surface area contributed by atoms with Gasteiger partial charge in [-0.15, -0.1) is 0 Å². The Morgan fingerprint density at radius 3 is 2.18 bits per heavy atom. The fourth-order valence-corrected chi connectivity index (χ4v) is 2.96. The zero-order valence-electron chi connectivity index (χ0n) is 19.0. The van der Waals surface area contributed by atoms with Crippen LogP contribution in [0.4, 0.5) is 51.3 Å². The van der Waals surface area contributed by atoms with Crippen LogP contribution in [0.15, 0.2) is 60.8 Å². The van der Waals surface area contributed by atoms with E-state index >= 15 is 0 Å². The van der Waals surface area contributed by atoms with Gasteiger partial charge in [0.1, 0.15) is 23.0 Å². The van der Waals surface area contributed by atoms with Gasteiger partial charge in [0.15, 0.2) is 0 Å². The maximum atomic E-state index is 14.5. The van der Waals surface area contributed by atoms with E-state index < -0.39 is 52.7 Å². The van der Waals surface area contributed by atoms with Crippen LogP contribution >= 0.6 is 0 Å². The molecule has 0 fully saturated rings. The van der Waals surface area contributed by atoms with Gasteiger partial charge in [-0.2, -0.15) is 30.7 Å². The van der Waals surface area contributed by atoms with Crippen LogP contribution in [0, 0.1) is 5.82 Å². The van der Waals surface area contributed by atoms with Gasteiger partial charge >= 0.3 is 24.1 Å². The number of ether oxygens (including phenoxy) is 1. The summed E-state index contributed by atoms with van der Waals surface area (Å²) in [5.74, 6) is -13.4. The Hall–Kier alpha value is -4.43. The molecule has 1 heterocycles. The van der Waals surface area contributed by atoms with E-state index in [0.717, 1.165) is 24.3 Å². The molecule has 3 amide bonds. The van der Waals surface area contributed by atoms with Gasteiger partial charge in [0.25, 0.3) is 5.91 Å². The average Bonchev–Trinajstić information content (AvgIpc) is 2.84. The molecular weight excluding hydrogens is 532 g/mol. The molecule has 7 nitrogen and oxygen atoms in total. The number of halogens is 8. The van der Waals surface area contributed by atoms with Crippen LogP contribution in [-0.2, 0) is 5.92 Å². The van der Waals surface area contributed by atoms with Gasteiger partial charge < -0.3 is 20.7 Å². The summed E-state index contributed by atoms with van der Waals surface area (Å²) in [7, 11) is 1.40. The van der Waals surface area contributed by atoms with Gasteiger partial charge in [-0.3, -0.25) is 9.78 Å². The first-order chi connectivity index (χ1) is 17.7. The molecule has 0 saturated carbocycles. The van der Waals surface area contributed by atoms with E-state index in [9.17, 15) is 44.7 Å². The van der Waals surface area contributed by atoms with Crippen LogP contribution in [-0.4, -0.2) is 36.1 Å². The molecule has 1 aromatic heterocycles. The topological polar surface area (TPSA) is 92.4 Å². The molecule has 202 valence electrons. The summed E-state index contributed by atoms with van der Waals surface area (Å²) >= 11 is 0. The van der Waals surface area contributed by atoms with E-state index in [2.05, 4.69) is 10.3 Å². The van der Waals surface area contributed by atoms with Crippen molar-refractivity contribution in [3.8, 4) is 11.5 Å². The number of carbonyl (C=O) groups is 2. The Balaban J connectivity index is 1.71. The molecule has 0 aliphatic heterocycles. The molecule has 2 aromatic carbocycles. The molecule has 38 heavy (non-hydrogen) atoms. The van der Waals surface area contributed by atoms with Crippen molar-refractivity contribution >= 4 is 23.3 Å². The molecule has 0 bridgehead atoms. The fraction of sp³-hybridized carbons (Fsp3) is 0.174. The first-order valence-corrected chi connectivity index (χ1v) is 10.3. The van der Waals surface area contributed by atoms with E-state index in [1.54, 1.807) is 0 Å². The average molecular weight is 548 g/mol. The van der Waals surface area contributed by atoms with Crippen LogP contribution in [0.25, 0.3) is 0 Å². The molecule has 0 aliphatic rings. The highest BCUT2D eigenvalue weighted by Crippen LogP contribution is 2.52. The number of benzene rings is 2. The molecule has 0 saturated heterocycles. The molecular formula is C23H16F8N4O3. The summed E-state index contributed by atoms with van der Waals surface area (Å²) in [6, 6.07) is 6.88. The predicted molar refractivity (Wildman–Crippen MR) is 118 cm³/mol. The Bertz CT molecular complexity index is 1350. The molecule has 0 atom stereocenters. The van der Waals surface area contributed by atoms with E-state index in [-0.39, 0.29) is 23.3 Å². The second-order valence-electron chi connectivity index (χ2n) is 7.51. The Labute approximate surface area is 208 Å². The maximum Gasteiger partial charge on any atom is 0.460 e. The summed E-state index contributed by atoms with van der Waals surface area (Å²) < 4.78 is 112. The minimum atomic E-state index is -6.53. The molecule has 3 rings (SSSR count). The zero-order chi connectivity index (χ0) is 28.3. The van der Waals surface area contributed by atoms with Gasteiger partial charge in [0, 0.05) is 36.6 Å². The largest absolute Gasteiger partial charge is 0.460 e. The van der Waals surface area contributed by atoms with Gasteiger partial charge in [0.05, 0.1) is 5.69 Å². The van der Waals surface area contributed by atoms with Gasteiger partial charge in [-0.1, -0.05) is 12.1 Å². The summed E-state index contributed by atoms with van der Waals surface area (Å²) in [6.07, 6.45) is -5.25. The molecule has 0 radical (unpaired) electrons. The first-order valence-electron chi connectivity index (χ1n) is 10.3. The third-order valence-electron chi connectivity index (χ3n) is 4.85. The summed E-state index contributed by atoms with van der Waals surface area (Å²) in [4.78, 5) is 27.7. The number of alkyl halides is 7. The van der Waals surface area contributed by atoms with Crippen molar-refractivity contribution in [2.75, 3.05) is 17.7 Å². The fourth-order valence-electron chi connectivity index (χ4n) is 2.96. The lowest BCUT2D eigenvalue weighted by molar-refractivity contribution is -0.359.